The number of benzene rings is 3. The lowest BCUT2D eigenvalue weighted by Crippen LogP contribution is -2.30. The lowest BCUT2D eigenvalue weighted by Gasteiger charge is -2.11. The van der Waals surface area contributed by atoms with Gasteiger partial charge >= 0.3 is 0 Å². The van der Waals surface area contributed by atoms with Gasteiger partial charge in [-0.25, -0.2) is 4.98 Å². The first-order valence-corrected chi connectivity index (χ1v) is 11.2. The van der Waals surface area contributed by atoms with Crippen LogP contribution in [0.25, 0.3) is 45.8 Å². The molecule has 1 aliphatic carbocycles. The topological polar surface area (TPSA) is 12.9 Å². The summed E-state index contributed by atoms with van der Waals surface area (Å²) in [7, 11) is 0. The molecule has 5 rings (SSSR count). The summed E-state index contributed by atoms with van der Waals surface area (Å²) in [6, 6.07) is 30.2. The van der Waals surface area contributed by atoms with Crippen molar-refractivity contribution < 1.29 is 0 Å². The van der Waals surface area contributed by atoms with Crippen LogP contribution in [0, 0.1) is 6.92 Å². The number of pyridine rings is 1. The zero-order valence-corrected chi connectivity index (χ0v) is 18.6. The Morgan fingerprint density at radius 2 is 1.19 bits per heavy atom. The quantitative estimate of drug-likeness (QED) is 0.368. The molecular weight excluding hydrogens is 374 g/mol. The molecule has 31 heavy (non-hydrogen) atoms. The van der Waals surface area contributed by atoms with Gasteiger partial charge in [0.15, 0.2) is 0 Å². The third-order valence-electron chi connectivity index (χ3n) is 5.58. The summed E-state index contributed by atoms with van der Waals surface area (Å²) in [5.41, 5.74) is 8.19. The van der Waals surface area contributed by atoms with E-state index in [-0.39, 0.29) is 0 Å². The van der Waals surface area contributed by atoms with E-state index < -0.39 is 0 Å². The molecule has 0 saturated heterocycles. The minimum Gasteiger partial charge on any atom is -0.247 e. The highest BCUT2D eigenvalue weighted by atomic mass is 14.7. The molecule has 0 spiro atoms. The number of nitrogens with zero attached hydrogens (tertiary/aromatic N) is 1. The van der Waals surface area contributed by atoms with Crippen LogP contribution in [0.5, 0.6) is 0 Å². The van der Waals surface area contributed by atoms with Gasteiger partial charge in [0.25, 0.3) is 0 Å². The number of hydrogen-bond donors (Lipinski definition) is 0. The number of aromatic nitrogens is 1. The second-order valence-corrected chi connectivity index (χ2v) is 7.65. The number of rotatable bonds is 3. The van der Waals surface area contributed by atoms with E-state index in [4.69, 9.17) is 4.98 Å². The summed E-state index contributed by atoms with van der Waals surface area (Å²) >= 11 is 0. The summed E-state index contributed by atoms with van der Waals surface area (Å²) in [4.78, 5) is 5.11. The maximum Gasteiger partial charge on any atom is 0.0784 e. The van der Waals surface area contributed by atoms with E-state index in [1.807, 2.05) is 13.8 Å². The van der Waals surface area contributed by atoms with Crippen LogP contribution in [-0.2, 0) is 0 Å². The molecule has 0 fully saturated rings. The third kappa shape index (κ3) is 4.51. The molecule has 3 aromatic carbocycles. The average molecular weight is 404 g/mol. The van der Waals surface area contributed by atoms with Gasteiger partial charge in [-0.3, -0.25) is 0 Å². The zero-order chi connectivity index (χ0) is 21.6. The number of aryl methyl sites for hydroxylation is 1. The van der Waals surface area contributed by atoms with Gasteiger partial charge < -0.3 is 0 Å². The Bertz CT molecular complexity index is 1270. The first-order chi connectivity index (χ1) is 15.3. The van der Waals surface area contributed by atoms with Gasteiger partial charge in [-0.1, -0.05) is 110 Å². The maximum absolute atomic E-state index is 5.11. The van der Waals surface area contributed by atoms with Gasteiger partial charge in [0, 0.05) is 16.3 Å². The molecule has 1 heterocycles. The van der Waals surface area contributed by atoms with Crippen molar-refractivity contribution >= 4 is 12.2 Å². The summed E-state index contributed by atoms with van der Waals surface area (Å²) in [6.45, 7) is 6.12. The molecule has 1 heteroatoms. The highest BCUT2D eigenvalue weighted by Crippen LogP contribution is 2.24. The normalized spacial score (nSPS) is 12.0. The van der Waals surface area contributed by atoms with Crippen LogP contribution in [0.3, 0.4) is 0 Å². The SMILES string of the molecule is CC.Cc1ccc(-c2cc3c(c(-c4ccc(-c5ccccc5)cc4)n2)=CCCC=3)cc1. The van der Waals surface area contributed by atoms with E-state index >= 15 is 0 Å². The lowest BCUT2D eigenvalue weighted by molar-refractivity contribution is 1.11. The van der Waals surface area contributed by atoms with Crippen LogP contribution in [0.2, 0.25) is 0 Å². The minimum atomic E-state index is 1.04. The molecule has 0 N–H and O–H groups in total. The van der Waals surface area contributed by atoms with Crippen LogP contribution in [0.15, 0.2) is 84.9 Å². The van der Waals surface area contributed by atoms with Crippen molar-refractivity contribution in [2.75, 3.05) is 0 Å². The summed E-state index contributed by atoms with van der Waals surface area (Å²) in [5.74, 6) is 0. The van der Waals surface area contributed by atoms with Crippen molar-refractivity contribution in [3.05, 3.63) is 101 Å². The highest BCUT2D eigenvalue weighted by Gasteiger charge is 2.10. The monoisotopic (exact) mass is 403 g/mol. The Labute approximate surface area is 185 Å². The van der Waals surface area contributed by atoms with Gasteiger partial charge in [-0.15, -0.1) is 0 Å². The second-order valence-electron chi connectivity index (χ2n) is 7.65. The molecule has 154 valence electrons. The summed E-state index contributed by atoms with van der Waals surface area (Å²) in [5, 5.41) is 2.56. The van der Waals surface area contributed by atoms with Crippen molar-refractivity contribution in [1.82, 2.24) is 4.98 Å². The molecule has 0 radical (unpaired) electrons. The van der Waals surface area contributed by atoms with E-state index in [1.54, 1.807) is 0 Å². The molecule has 0 saturated carbocycles. The van der Waals surface area contributed by atoms with Crippen LogP contribution in [0.1, 0.15) is 32.3 Å². The van der Waals surface area contributed by atoms with E-state index in [0.29, 0.717) is 0 Å². The van der Waals surface area contributed by atoms with Crippen molar-refractivity contribution in [1.29, 1.82) is 0 Å². The van der Waals surface area contributed by atoms with Gasteiger partial charge in [0.05, 0.1) is 11.4 Å². The molecule has 0 bridgehead atoms. The molecule has 1 aliphatic rings. The van der Waals surface area contributed by atoms with Gasteiger partial charge in [0.1, 0.15) is 0 Å². The smallest absolute Gasteiger partial charge is 0.0784 e. The Kier molecular flexibility index (Phi) is 6.43. The van der Waals surface area contributed by atoms with Crippen molar-refractivity contribution in [3.63, 3.8) is 0 Å². The largest absolute Gasteiger partial charge is 0.247 e. The number of fused-ring (bicyclic) bond motifs is 1. The predicted molar refractivity (Wildman–Crippen MR) is 134 cm³/mol. The van der Waals surface area contributed by atoms with Crippen LogP contribution in [0.4, 0.5) is 0 Å². The fraction of sp³-hybridized carbons (Fsp3) is 0.167. The minimum absolute atomic E-state index is 1.04. The molecule has 1 nitrogen and oxygen atoms in total. The Hall–Kier alpha value is -3.45. The molecule has 1 aromatic heterocycles. The van der Waals surface area contributed by atoms with Gasteiger partial charge in [-0.2, -0.15) is 0 Å². The molecular formula is C30H29N. The maximum atomic E-state index is 5.11. The first-order valence-electron chi connectivity index (χ1n) is 11.2. The molecule has 4 aromatic rings. The van der Waals surface area contributed by atoms with Crippen LogP contribution < -0.4 is 10.4 Å². The van der Waals surface area contributed by atoms with Gasteiger partial charge in [0.2, 0.25) is 0 Å². The molecule has 0 unspecified atom stereocenters. The first kappa shape index (κ1) is 20.8. The Balaban J connectivity index is 0.00000112. The fourth-order valence-electron chi connectivity index (χ4n) is 3.97. The highest BCUT2D eigenvalue weighted by molar-refractivity contribution is 5.72. The predicted octanol–water partition coefficient (Wildman–Crippen LogP) is 6.77. The lowest BCUT2D eigenvalue weighted by atomic mass is 9.98. The average Bonchev–Trinajstić information content (AvgIpc) is 2.86. The third-order valence-corrected chi connectivity index (χ3v) is 5.58. The van der Waals surface area contributed by atoms with E-state index in [1.165, 1.54) is 38.3 Å². The zero-order valence-electron chi connectivity index (χ0n) is 18.6. The van der Waals surface area contributed by atoms with Crippen LogP contribution >= 0.6 is 0 Å². The van der Waals surface area contributed by atoms with Crippen molar-refractivity contribution in [2.24, 2.45) is 0 Å². The van der Waals surface area contributed by atoms with E-state index in [9.17, 15) is 0 Å². The standard InChI is InChI=1S/C28H23N.C2H6/c1-20-11-13-23(14-12-20)27-19-25-9-5-6-10-26(25)28(29-27)24-17-15-22(16-18-24)21-7-3-2-4-8-21;1-2/h2-4,7-19H,5-6H2,1H3;1-2H3. The van der Waals surface area contributed by atoms with Gasteiger partial charge in [-0.05, 0) is 42.2 Å². The van der Waals surface area contributed by atoms with Crippen molar-refractivity contribution in [2.45, 2.75) is 33.6 Å². The molecule has 0 aliphatic heterocycles. The summed E-state index contributed by atoms with van der Waals surface area (Å²) in [6.07, 6.45) is 6.85. The Morgan fingerprint density at radius 3 is 1.90 bits per heavy atom. The summed E-state index contributed by atoms with van der Waals surface area (Å²) < 4.78 is 0. The Morgan fingerprint density at radius 1 is 0.613 bits per heavy atom. The fourth-order valence-corrected chi connectivity index (χ4v) is 3.97. The molecule has 0 atom stereocenters. The van der Waals surface area contributed by atoms with E-state index in [2.05, 4.69) is 104 Å². The van der Waals surface area contributed by atoms with Crippen LogP contribution in [-0.4, -0.2) is 4.98 Å². The van der Waals surface area contributed by atoms with E-state index in [0.717, 1.165) is 24.2 Å². The second kappa shape index (κ2) is 9.57. The number of hydrogen-bond acceptors (Lipinski definition) is 1. The van der Waals surface area contributed by atoms with Crippen molar-refractivity contribution in [3.8, 4) is 33.6 Å². The molecule has 0 amide bonds.